The van der Waals surface area contributed by atoms with E-state index >= 15 is 0 Å². The molecule has 0 saturated carbocycles. The maximum absolute atomic E-state index is 12.6. The van der Waals surface area contributed by atoms with Crippen molar-refractivity contribution in [1.82, 2.24) is 14.8 Å². The van der Waals surface area contributed by atoms with Crippen molar-refractivity contribution in [3.63, 3.8) is 0 Å². The zero-order valence-corrected chi connectivity index (χ0v) is 18.1. The second kappa shape index (κ2) is 10.0. The number of aromatic nitrogens is 3. The van der Waals surface area contributed by atoms with Crippen LogP contribution in [-0.4, -0.2) is 47.6 Å². The van der Waals surface area contributed by atoms with Crippen molar-refractivity contribution in [2.45, 2.75) is 11.8 Å². The van der Waals surface area contributed by atoms with Crippen LogP contribution in [0.4, 0.5) is 0 Å². The van der Waals surface area contributed by atoms with E-state index in [2.05, 4.69) is 10.2 Å². The molecule has 0 spiro atoms. The number of benzene rings is 2. The Hall–Kier alpha value is -3.20. The molecule has 3 aromatic rings. The first-order valence-corrected chi connectivity index (χ1v) is 10.1. The Morgan fingerprint density at radius 3 is 2.30 bits per heavy atom. The topological polar surface area (TPSA) is 84.7 Å². The second-order valence-electron chi connectivity index (χ2n) is 6.18. The highest BCUT2D eigenvalue weighted by molar-refractivity contribution is 7.99. The second-order valence-corrected chi connectivity index (χ2v) is 7.12. The van der Waals surface area contributed by atoms with Gasteiger partial charge in [0, 0.05) is 12.6 Å². The molecule has 1 heterocycles. The number of thioether (sulfide) groups is 1. The molecular formula is C21H23N3O5S. The number of hydrogen-bond donors (Lipinski definition) is 0. The third-order valence-electron chi connectivity index (χ3n) is 4.39. The van der Waals surface area contributed by atoms with Gasteiger partial charge in [-0.05, 0) is 30.3 Å². The van der Waals surface area contributed by atoms with Gasteiger partial charge in [-0.15, -0.1) is 10.2 Å². The summed E-state index contributed by atoms with van der Waals surface area (Å²) >= 11 is 1.31. The van der Waals surface area contributed by atoms with Crippen LogP contribution in [0, 0.1) is 0 Å². The van der Waals surface area contributed by atoms with Crippen molar-refractivity contribution < 1.29 is 23.7 Å². The Balaban J connectivity index is 1.62. The van der Waals surface area contributed by atoms with Gasteiger partial charge < -0.3 is 23.5 Å². The van der Waals surface area contributed by atoms with Crippen molar-refractivity contribution in [2.75, 3.05) is 27.1 Å². The zero-order chi connectivity index (χ0) is 21.5. The Bertz CT molecular complexity index is 1020. The number of hydrogen-bond acceptors (Lipinski definition) is 8. The number of methoxy groups -OCH3 is 3. The lowest BCUT2D eigenvalue weighted by Gasteiger charge is -2.10. The molecule has 0 saturated heterocycles. The molecule has 0 aliphatic carbocycles. The van der Waals surface area contributed by atoms with Crippen LogP contribution in [0.25, 0.3) is 0 Å². The molecule has 0 bridgehead atoms. The average molecular weight is 429 g/mol. The minimum Gasteiger partial charge on any atom is -0.493 e. The number of para-hydroxylation sites is 2. The molecule has 0 atom stereocenters. The summed E-state index contributed by atoms with van der Waals surface area (Å²) in [7, 11) is 6.52. The van der Waals surface area contributed by atoms with Gasteiger partial charge in [-0.25, -0.2) is 0 Å². The summed E-state index contributed by atoms with van der Waals surface area (Å²) in [6, 6.07) is 12.5. The Kier molecular flexibility index (Phi) is 7.18. The van der Waals surface area contributed by atoms with E-state index in [9.17, 15) is 4.79 Å². The maximum Gasteiger partial charge on any atom is 0.191 e. The van der Waals surface area contributed by atoms with Crippen LogP contribution in [0.1, 0.15) is 16.2 Å². The van der Waals surface area contributed by atoms with Crippen LogP contribution in [0.3, 0.4) is 0 Å². The van der Waals surface area contributed by atoms with Gasteiger partial charge in [-0.1, -0.05) is 23.9 Å². The fourth-order valence-corrected chi connectivity index (χ4v) is 3.52. The predicted molar refractivity (Wildman–Crippen MR) is 113 cm³/mol. The molecule has 3 rings (SSSR count). The van der Waals surface area contributed by atoms with Gasteiger partial charge >= 0.3 is 0 Å². The summed E-state index contributed by atoms with van der Waals surface area (Å²) in [6.45, 7) is 0.230. The van der Waals surface area contributed by atoms with Gasteiger partial charge in [0.25, 0.3) is 0 Å². The number of nitrogens with zero attached hydrogens (tertiary/aromatic N) is 3. The van der Waals surface area contributed by atoms with Crippen molar-refractivity contribution in [1.29, 1.82) is 0 Å². The van der Waals surface area contributed by atoms with Gasteiger partial charge in [-0.2, -0.15) is 0 Å². The van der Waals surface area contributed by atoms with E-state index in [1.807, 2.05) is 35.9 Å². The predicted octanol–water partition coefficient (Wildman–Crippen LogP) is 3.39. The van der Waals surface area contributed by atoms with E-state index in [1.54, 1.807) is 32.4 Å². The van der Waals surface area contributed by atoms with E-state index in [4.69, 9.17) is 18.9 Å². The van der Waals surface area contributed by atoms with E-state index in [0.29, 0.717) is 39.5 Å². The third-order valence-corrected chi connectivity index (χ3v) is 5.41. The molecule has 0 unspecified atom stereocenters. The van der Waals surface area contributed by atoms with Crippen molar-refractivity contribution in [2.24, 2.45) is 7.05 Å². The fourth-order valence-electron chi connectivity index (χ4n) is 2.70. The highest BCUT2D eigenvalue weighted by Crippen LogP contribution is 2.29. The minimum absolute atomic E-state index is 0.0456. The van der Waals surface area contributed by atoms with E-state index in [0.717, 1.165) is 0 Å². The molecule has 30 heavy (non-hydrogen) atoms. The smallest absolute Gasteiger partial charge is 0.191 e. The molecule has 0 radical (unpaired) electrons. The fraction of sp³-hybridized carbons (Fsp3) is 0.286. The standard InChI is InChI=1S/C21H23N3O5S/c1-24-20(12-29-18-8-6-5-7-16(18)26-2)22-23-21(24)30-13-15(25)14-9-10-17(27-3)19(11-14)28-4/h5-11H,12-13H2,1-4H3. The number of ether oxygens (including phenoxy) is 4. The molecule has 8 nitrogen and oxygen atoms in total. The van der Waals surface area contributed by atoms with Crippen LogP contribution in [0.2, 0.25) is 0 Å². The molecule has 0 aliphatic heterocycles. The summed E-state index contributed by atoms with van der Waals surface area (Å²) in [5.41, 5.74) is 0.544. The number of carbonyl (C=O) groups excluding carboxylic acids is 1. The van der Waals surface area contributed by atoms with Crippen LogP contribution in [-0.2, 0) is 13.7 Å². The monoisotopic (exact) mass is 429 g/mol. The Labute approximate surface area is 179 Å². The lowest BCUT2D eigenvalue weighted by Crippen LogP contribution is -2.07. The highest BCUT2D eigenvalue weighted by atomic mass is 32.2. The quantitative estimate of drug-likeness (QED) is 0.358. The average Bonchev–Trinajstić information content (AvgIpc) is 3.14. The number of Topliss-reactive ketones (excluding diaryl/α,β-unsaturated/α-hetero) is 1. The zero-order valence-electron chi connectivity index (χ0n) is 17.2. The molecule has 2 aromatic carbocycles. The largest absolute Gasteiger partial charge is 0.493 e. The summed E-state index contributed by atoms with van der Waals surface area (Å²) in [5, 5.41) is 8.96. The molecule has 0 fully saturated rings. The van der Waals surface area contributed by atoms with Crippen molar-refractivity contribution in [3.05, 3.63) is 53.9 Å². The molecular weight excluding hydrogens is 406 g/mol. The molecule has 1 aromatic heterocycles. The third kappa shape index (κ3) is 4.85. The lowest BCUT2D eigenvalue weighted by atomic mass is 10.1. The van der Waals surface area contributed by atoms with Gasteiger partial charge in [0.1, 0.15) is 6.61 Å². The first kappa shape index (κ1) is 21.5. The van der Waals surface area contributed by atoms with Crippen LogP contribution >= 0.6 is 11.8 Å². The van der Waals surface area contributed by atoms with Crippen molar-refractivity contribution >= 4 is 17.5 Å². The molecule has 0 N–H and O–H groups in total. The van der Waals surface area contributed by atoms with Gasteiger partial charge in [0.05, 0.1) is 27.1 Å². The number of rotatable bonds is 10. The minimum atomic E-state index is -0.0456. The van der Waals surface area contributed by atoms with Crippen LogP contribution in [0.5, 0.6) is 23.0 Å². The van der Waals surface area contributed by atoms with Gasteiger partial charge in [0.2, 0.25) is 0 Å². The Morgan fingerprint density at radius 2 is 1.60 bits per heavy atom. The van der Waals surface area contributed by atoms with E-state index in [-0.39, 0.29) is 18.1 Å². The lowest BCUT2D eigenvalue weighted by molar-refractivity contribution is 0.102. The number of carbonyl (C=O) groups is 1. The summed E-state index contributed by atoms with van der Waals surface area (Å²) in [6.07, 6.45) is 0. The first-order chi connectivity index (χ1) is 14.6. The first-order valence-electron chi connectivity index (χ1n) is 9.09. The normalized spacial score (nSPS) is 10.5. The summed E-state index contributed by atoms with van der Waals surface area (Å²) < 4.78 is 23.4. The van der Waals surface area contributed by atoms with Crippen LogP contribution in [0.15, 0.2) is 47.6 Å². The number of ketones is 1. The van der Waals surface area contributed by atoms with Crippen molar-refractivity contribution in [3.8, 4) is 23.0 Å². The SMILES string of the molecule is COc1ccc(C(=O)CSc2nnc(COc3ccccc3OC)n2C)cc1OC. The molecule has 9 heteroatoms. The molecule has 158 valence electrons. The molecule has 0 aliphatic rings. The van der Waals surface area contributed by atoms with E-state index < -0.39 is 0 Å². The van der Waals surface area contributed by atoms with Gasteiger partial charge in [0.15, 0.2) is 39.8 Å². The highest BCUT2D eigenvalue weighted by Gasteiger charge is 2.15. The molecule has 0 amide bonds. The summed E-state index contributed by atoms with van der Waals surface area (Å²) in [4.78, 5) is 12.6. The summed E-state index contributed by atoms with van der Waals surface area (Å²) in [5.74, 6) is 3.18. The Morgan fingerprint density at radius 1 is 0.933 bits per heavy atom. The van der Waals surface area contributed by atoms with Crippen LogP contribution < -0.4 is 18.9 Å². The van der Waals surface area contributed by atoms with Gasteiger partial charge in [-0.3, -0.25) is 4.79 Å². The van der Waals surface area contributed by atoms with E-state index in [1.165, 1.54) is 18.9 Å². The maximum atomic E-state index is 12.6.